The van der Waals surface area contributed by atoms with Gasteiger partial charge >= 0.3 is 0 Å². The van der Waals surface area contributed by atoms with E-state index in [4.69, 9.17) is 5.73 Å². The molecule has 0 aromatic heterocycles. The largest absolute Gasteiger partial charge is 0.399 e. The number of piperazine rings is 2. The standard InChI is InChI=1S/C14H21N3O4S.C14H23N3O2S/c1-2-11-22(20,21)16-9-7-15(8-10-16)12-13-3-5-14(6-4-13)17(18)19;1-2-11-20(18,19)17-9-7-16(8-10-17)12-13-3-5-14(15)6-4-13/h3-6H,2,7-12H2,1H3;3-6H,2,7-12,15H2,1H3. The summed E-state index contributed by atoms with van der Waals surface area (Å²) in [6.07, 6.45) is 1.30. The maximum absolute atomic E-state index is 12.0. The van der Waals surface area contributed by atoms with Gasteiger partial charge in [-0.3, -0.25) is 19.9 Å². The maximum atomic E-state index is 12.0. The highest BCUT2D eigenvalue weighted by Crippen LogP contribution is 2.16. The second-order valence-electron chi connectivity index (χ2n) is 10.6. The molecule has 0 bridgehead atoms. The first-order valence-electron chi connectivity index (χ1n) is 14.4. The Morgan fingerprint density at radius 3 is 1.36 bits per heavy atom. The minimum absolute atomic E-state index is 0.0826. The van der Waals surface area contributed by atoms with Gasteiger partial charge in [-0.1, -0.05) is 38.1 Å². The van der Waals surface area contributed by atoms with Crippen LogP contribution >= 0.6 is 0 Å². The number of hydrogen-bond donors (Lipinski definition) is 1. The Labute approximate surface area is 250 Å². The molecule has 2 heterocycles. The fraction of sp³-hybridized carbons (Fsp3) is 0.571. The summed E-state index contributed by atoms with van der Waals surface area (Å²) in [5, 5.41) is 10.6. The highest BCUT2D eigenvalue weighted by Gasteiger charge is 2.27. The van der Waals surface area contributed by atoms with Crippen molar-refractivity contribution < 1.29 is 21.8 Å². The molecule has 42 heavy (non-hydrogen) atoms. The molecule has 0 spiro atoms. The first kappa shape index (κ1) is 33.9. The van der Waals surface area contributed by atoms with Gasteiger partial charge in [0.15, 0.2) is 0 Å². The minimum Gasteiger partial charge on any atom is -0.399 e. The van der Waals surface area contributed by atoms with Crippen LogP contribution in [-0.4, -0.2) is 104 Å². The second kappa shape index (κ2) is 15.7. The van der Waals surface area contributed by atoms with Crippen LogP contribution in [0, 0.1) is 10.1 Å². The van der Waals surface area contributed by atoms with E-state index in [1.54, 1.807) is 20.7 Å². The first-order chi connectivity index (χ1) is 19.9. The lowest BCUT2D eigenvalue weighted by Crippen LogP contribution is -2.48. The number of sulfonamides is 2. The third-order valence-corrected chi connectivity index (χ3v) is 11.5. The molecule has 0 atom stereocenters. The van der Waals surface area contributed by atoms with Crippen molar-refractivity contribution in [3.05, 3.63) is 69.8 Å². The topological polar surface area (TPSA) is 150 Å². The zero-order valence-electron chi connectivity index (χ0n) is 24.6. The Balaban J connectivity index is 0.000000231. The van der Waals surface area contributed by atoms with Gasteiger partial charge in [0, 0.05) is 83.3 Å². The van der Waals surface area contributed by atoms with Crippen molar-refractivity contribution in [1.29, 1.82) is 0 Å². The summed E-state index contributed by atoms with van der Waals surface area (Å²) < 4.78 is 51.1. The van der Waals surface area contributed by atoms with Crippen molar-refractivity contribution in [3.8, 4) is 0 Å². The Morgan fingerprint density at radius 2 is 1.02 bits per heavy atom. The number of nitro benzene ring substituents is 1. The molecule has 0 amide bonds. The minimum atomic E-state index is -3.11. The molecule has 2 aromatic carbocycles. The van der Waals surface area contributed by atoms with E-state index in [1.807, 2.05) is 38.1 Å². The molecular formula is C28H44N6O6S2. The van der Waals surface area contributed by atoms with Crippen molar-refractivity contribution in [2.24, 2.45) is 0 Å². The van der Waals surface area contributed by atoms with Crippen LogP contribution in [0.3, 0.4) is 0 Å². The van der Waals surface area contributed by atoms with E-state index in [9.17, 15) is 26.9 Å². The van der Waals surface area contributed by atoms with Gasteiger partial charge in [0.25, 0.3) is 5.69 Å². The molecule has 0 unspecified atom stereocenters. The number of nitrogen functional groups attached to an aromatic ring is 1. The van der Waals surface area contributed by atoms with Gasteiger partial charge in [-0.25, -0.2) is 16.8 Å². The number of hydrogen-bond acceptors (Lipinski definition) is 9. The number of nitro groups is 1. The predicted molar refractivity (Wildman–Crippen MR) is 166 cm³/mol. The molecule has 4 rings (SSSR count). The molecule has 2 aromatic rings. The molecule has 2 N–H and O–H groups in total. The van der Waals surface area contributed by atoms with E-state index >= 15 is 0 Å². The SMILES string of the molecule is CCCS(=O)(=O)N1CCN(Cc2ccc(N)cc2)CC1.CCCS(=O)(=O)N1CCN(Cc2ccc([N+](=O)[O-])cc2)CC1. The summed E-state index contributed by atoms with van der Waals surface area (Å²) in [4.78, 5) is 14.6. The molecule has 2 fully saturated rings. The third kappa shape index (κ3) is 10.3. The monoisotopic (exact) mass is 624 g/mol. The van der Waals surface area contributed by atoms with Crippen LogP contribution in [0.1, 0.15) is 37.8 Å². The van der Waals surface area contributed by atoms with Crippen LogP contribution in [-0.2, 0) is 33.1 Å². The number of benzene rings is 2. The molecule has 2 aliphatic heterocycles. The van der Waals surface area contributed by atoms with Gasteiger partial charge < -0.3 is 5.73 Å². The van der Waals surface area contributed by atoms with Crippen molar-refractivity contribution >= 4 is 31.4 Å². The molecule has 2 saturated heterocycles. The molecule has 12 nitrogen and oxygen atoms in total. The Kier molecular flexibility index (Phi) is 12.7. The van der Waals surface area contributed by atoms with Crippen LogP contribution in [0.15, 0.2) is 48.5 Å². The molecule has 0 radical (unpaired) electrons. The summed E-state index contributed by atoms with van der Waals surface area (Å²) in [6, 6.07) is 14.3. The van der Waals surface area contributed by atoms with Gasteiger partial charge in [-0.2, -0.15) is 8.61 Å². The van der Waals surface area contributed by atoms with Crippen LogP contribution in [0.25, 0.3) is 0 Å². The number of nitrogens with two attached hydrogens (primary N) is 1. The predicted octanol–water partition coefficient (Wildman–Crippen LogP) is 2.58. The molecular weight excluding hydrogens is 580 g/mol. The van der Waals surface area contributed by atoms with Gasteiger partial charge in [-0.15, -0.1) is 0 Å². The van der Waals surface area contributed by atoms with Crippen LogP contribution in [0.2, 0.25) is 0 Å². The Morgan fingerprint density at radius 1 is 0.667 bits per heavy atom. The average Bonchev–Trinajstić information content (AvgIpc) is 2.95. The summed E-state index contributed by atoms with van der Waals surface area (Å²) >= 11 is 0. The number of non-ortho nitro benzene ring substituents is 1. The van der Waals surface area contributed by atoms with Crippen molar-refractivity contribution in [2.75, 3.05) is 69.6 Å². The first-order valence-corrected chi connectivity index (χ1v) is 17.6. The number of anilines is 1. The Hall–Kier alpha value is -2.62. The normalized spacial score (nSPS) is 17.9. The molecule has 234 valence electrons. The van der Waals surface area contributed by atoms with E-state index in [2.05, 4.69) is 9.80 Å². The van der Waals surface area contributed by atoms with Crippen LogP contribution < -0.4 is 5.73 Å². The fourth-order valence-electron chi connectivity index (χ4n) is 4.97. The van der Waals surface area contributed by atoms with Crippen LogP contribution in [0.4, 0.5) is 11.4 Å². The second-order valence-corrected chi connectivity index (χ2v) is 14.8. The third-order valence-electron chi connectivity index (χ3n) is 7.31. The van der Waals surface area contributed by atoms with Gasteiger partial charge in [0.05, 0.1) is 16.4 Å². The molecule has 0 aliphatic carbocycles. The maximum Gasteiger partial charge on any atom is 0.269 e. The van der Waals surface area contributed by atoms with Gasteiger partial charge in [0.2, 0.25) is 20.0 Å². The zero-order valence-corrected chi connectivity index (χ0v) is 26.2. The average molecular weight is 625 g/mol. The summed E-state index contributed by atoms with van der Waals surface area (Å²) in [7, 11) is -6.16. The zero-order chi connectivity index (χ0) is 30.8. The lowest BCUT2D eigenvalue weighted by Gasteiger charge is -2.34. The summed E-state index contributed by atoms with van der Waals surface area (Å²) in [5.41, 5.74) is 8.73. The van der Waals surface area contributed by atoms with Crippen molar-refractivity contribution in [1.82, 2.24) is 18.4 Å². The lowest BCUT2D eigenvalue weighted by atomic mass is 10.2. The summed E-state index contributed by atoms with van der Waals surface area (Å²) in [6.45, 7) is 10.4. The number of nitrogens with zero attached hydrogens (tertiary/aromatic N) is 5. The van der Waals surface area contributed by atoms with E-state index in [0.717, 1.165) is 30.9 Å². The van der Waals surface area contributed by atoms with Crippen LogP contribution in [0.5, 0.6) is 0 Å². The van der Waals surface area contributed by atoms with E-state index in [0.29, 0.717) is 58.7 Å². The van der Waals surface area contributed by atoms with E-state index in [-0.39, 0.29) is 17.2 Å². The fourth-order valence-corrected chi connectivity index (χ4v) is 7.96. The molecule has 2 aliphatic rings. The number of rotatable bonds is 11. The lowest BCUT2D eigenvalue weighted by molar-refractivity contribution is -0.384. The highest BCUT2D eigenvalue weighted by molar-refractivity contribution is 7.89. The van der Waals surface area contributed by atoms with Gasteiger partial charge in [0.1, 0.15) is 0 Å². The van der Waals surface area contributed by atoms with E-state index < -0.39 is 25.0 Å². The van der Waals surface area contributed by atoms with Gasteiger partial charge in [-0.05, 0) is 36.1 Å². The van der Waals surface area contributed by atoms with E-state index in [1.165, 1.54) is 17.7 Å². The Bertz CT molecular complexity index is 1340. The molecule has 14 heteroatoms. The quantitative estimate of drug-likeness (QED) is 0.226. The summed E-state index contributed by atoms with van der Waals surface area (Å²) in [5.74, 6) is 0.459. The van der Waals surface area contributed by atoms with Crippen molar-refractivity contribution in [2.45, 2.75) is 39.8 Å². The highest BCUT2D eigenvalue weighted by atomic mass is 32.2. The van der Waals surface area contributed by atoms with Crippen molar-refractivity contribution in [3.63, 3.8) is 0 Å². The smallest absolute Gasteiger partial charge is 0.269 e. The molecule has 0 saturated carbocycles.